The van der Waals surface area contributed by atoms with Crippen LogP contribution in [0.2, 0.25) is 5.02 Å². The van der Waals surface area contributed by atoms with Crippen LogP contribution in [-0.4, -0.2) is 24.1 Å². The van der Waals surface area contributed by atoms with Gasteiger partial charge in [-0.1, -0.05) is 35.8 Å². The maximum atomic E-state index is 12.7. The van der Waals surface area contributed by atoms with Crippen molar-refractivity contribution in [1.82, 2.24) is 10.5 Å². The predicted octanol–water partition coefficient (Wildman–Crippen LogP) is 3.41. The number of esters is 1. The normalized spacial score (nSPS) is 16.1. The first-order valence-electron chi connectivity index (χ1n) is 8.13. The number of nitrogens with one attached hydrogen (secondary N) is 1. The smallest absolute Gasteiger partial charge is 0.336 e. The highest BCUT2D eigenvalue weighted by Gasteiger charge is 2.42. The molecule has 2 aromatic rings. The number of carbonyl (C=O) groups excluding carboxylic acids is 2. The van der Waals surface area contributed by atoms with E-state index < -0.39 is 17.4 Å². The number of aromatic nitrogens is 1. The fourth-order valence-corrected chi connectivity index (χ4v) is 2.93. The molecule has 0 aliphatic heterocycles. The van der Waals surface area contributed by atoms with E-state index in [1.165, 1.54) is 7.11 Å². The maximum absolute atomic E-state index is 12.7. The fourth-order valence-electron chi connectivity index (χ4n) is 2.80. The lowest BCUT2D eigenvalue weighted by Gasteiger charge is -2.31. The highest BCUT2D eigenvalue weighted by Crippen LogP contribution is 2.40. The van der Waals surface area contributed by atoms with Crippen LogP contribution in [-0.2, 0) is 15.1 Å². The Morgan fingerprint density at radius 2 is 2.04 bits per heavy atom. The number of benzene rings is 1. The molecule has 0 radical (unpaired) electrons. The van der Waals surface area contributed by atoms with Gasteiger partial charge in [-0.25, -0.2) is 4.79 Å². The van der Waals surface area contributed by atoms with Gasteiger partial charge in [0, 0.05) is 17.0 Å². The van der Waals surface area contributed by atoms with Gasteiger partial charge in [0.2, 0.25) is 0 Å². The standard InChI is InChI=1S/C18H19ClN2O4/c1-3-18(17(23)24-2,12-6-8-13(19)9-7-12)20-16(22)14-10-15(25-21-14)11-4-5-11/h6-11H,3-5H2,1-2H3,(H,20,22). The van der Waals surface area contributed by atoms with Crippen LogP contribution < -0.4 is 5.32 Å². The lowest BCUT2D eigenvalue weighted by molar-refractivity contribution is -0.149. The number of hydrogen-bond donors (Lipinski definition) is 1. The third-order valence-corrected chi connectivity index (χ3v) is 4.72. The molecule has 1 atom stereocenters. The Kier molecular flexibility index (Phi) is 4.81. The number of hydrogen-bond acceptors (Lipinski definition) is 5. The minimum absolute atomic E-state index is 0.151. The van der Waals surface area contributed by atoms with Crippen LogP contribution in [0.1, 0.15) is 53.9 Å². The Hall–Kier alpha value is -2.34. The molecule has 6 nitrogen and oxygen atoms in total. The molecule has 1 fully saturated rings. The molecule has 1 amide bonds. The average Bonchev–Trinajstić information content (AvgIpc) is 3.36. The Labute approximate surface area is 150 Å². The first kappa shape index (κ1) is 17.5. The summed E-state index contributed by atoms with van der Waals surface area (Å²) in [4.78, 5) is 25.2. The van der Waals surface area contributed by atoms with Crippen LogP contribution in [0, 0.1) is 0 Å². The molecule has 1 saturated carbocycles. The van der Waals surface area contributed by atoms with E-state index in [0.29, 0.717) is 28.7 Å². The van der Waals surface area contributed by atoms with Crippen LogP contribution in [0.4, 0.5) is 0 Å². The summed E-state index contributed by atoms with van der Waals surface area (Å²) in [5.41, 5.74) is -0.585. The minimum Gasteiger partial charge on any atom is -0.467 e. The first-order valence-corrected chi connectivity index (χ1v) is 8.51. The van der Waals surface area contributed by atoms with Gasteiger partial charge in [0.1, 0.15) is 5.76 Å². The molecule has 1 aliphatic carbocycles. The maximum Gasteiger partial charge on any atom is 0.336 e. The fraction of sp³-hybridized carbons (Fsp3) is 0.389. The van der Waals surface area contributed by atoms with E-state index in [9.17, 15) is 9.59 Å². The molecule has 1 aliphatic rings. The van der Waals surface area contributed by atoms with Gasteiger partial charge in [0.25, 0.3) is 5.91 Å². The highest BCUT2D eigenvalue weighted by molar-refractivity contribution is 6.30. The molecule has 25 heavy (non-hydrogen) atoms. The van der Waals surface area contributed by atoms with Crippen molar-refractivity contribution in [2.75, 3.05) is 7.11 Å². The van der Waals surface area contributed by atoms with E-state index in [2.05, 4.69) is 10.5 Å². The summed E-state index contributed by atoms with van der Waals surface area (Å²) in [7, 11) is 1.29. The van der Waals surface area contributed by atoms with Gasteiger partial charge in [-0.3, -0.25) is 4.79 Å². The Morgan fingerprint density at radius 3 is 2.60 bits per heavy atom. The quantitative estimate of drug-likeness (QED) is 0.796. The van der Waals surface area contributed by atoms with Crippen molar-refractivity contribution in [3.05, 3.63) is 52.4 Å². The molecule has 7 heteroatoms. The van der Waals surface area contributed by atoms with Crippen molar-refractivity contribution in [2.24, 2.45) is 0 Å². The molecule has 1 heterocycles. The lowest BCUT2D eigenvalue weighted by atomic mass is 9.87. The molecule has 132 valence electrons. The van der Waals surface area contributed by atoms with Crippen LogP contribution in [0.3, 0.4) is 0 Å². The number of ether oxygens (including phenoxy) is 1. The topological polar surface area (TPSA) is 81.4 Å². The molecule has 1 unspecified atom stereocenters. The summed E-state index contributed by atoms with van der Waals surface area (Å²) in [6, 6.07) is 8.35. The molecular weight excluding hydrogens is 344 g/mol. The zero-order chi connectivity index (χ0) is 18.0. The number of methoxy groups -OCH3 is 1. The number of nitrogens with zero attached hydrogens (tertiary/aromatic N) is 1. The molecule has 1 N–H and O–H groups in total. The number of amides is 1. The third kappa shape index (κ3) is 3.39. The second-order valence-corrected chi connectivity index (χ2v) is 6.54. The SMILES string of the molecule is CCC(NC(=O)c1cc(C2CC2)on1)(C(=O)OC)c1ccc(Cl)cc1. The summed E-state index contributed by atoms with van der Waals surface area (Å²) in [5, 5.41) is 7.14. The van der Waals surface area contributed by atoms with E-state index >= 15 is 0 Å². The van der Waals surface area contributed by atoms with Gasteiger partial charge in [-0.15, -0.1) is 0 Å². The Bertz CT molecular complexity index is 783. The van der Waals surface area contributed by atoms with Crippen LogP contribution in [0.25, 0.3) is 0 Å². The van der Waals surface area contributed by atoms with E-state index in [0.717, 1.165) is 12.8 Å². The Balaban J connectivity index is 1.91. The van der Waals surface area contributed by atoms with E-state index in [-0.39, 0.29) is 5.69 Å². The minimum atomic E-state index is -1.32. The molecular formula is C18H19ClN2O4. The van der Waals surface area contributed by atoms with Crippen molar-refractivity contribution >= 4 is 23.5 Å². The predicted molar refractivity (Wildman–Crippen MR) is 91.4 cm³/mol. The highest BCUT2D eigenvalue weighted by atomic mass is 35.5. The van der Waals surface area contributed by atoms with Crippen molar-refractivity contribution in [1.29, 1.82) is 0 Å². The van der Waals surface area contributed by atoms with Gasteiger partial charge >= 0.3 is 5.97 Å². The van der Waals surface area contributed by atoms with Crippen molar-refractivity contribution in [3.8, 4) is 0 Å². The van der Waals surface area contributed by atoms with E-state index in [4.69, 9.17) is 20.9 Å². The zero-order valence-corrected chi connectivity index (χ0v) is 14.8. The third-order valence-electron chi connectivity index (χ3n) is 4.47. The van der Waals surface area contributed by atoms with Crippen molar-refractivity contribution < 1.29 is 18.8 Å². The number of carbonyl (C=O) groups is 2. The largest absolute Gasteiger partial charge is 0.467 e. The summed E-state index contributed by atoms with van der Waals surface area (Å²) >= 11 is 5.93. The summed E-state index contributed by atoms with van der Waals surface area (Å²) in [6.45, 7) is 1.80. The first-order chi connectivity index (χ1) is 12.0. The van der Waals surface area contributed by atoms with Crippen molar-refractivity contribution in [2.45, 2.75) is 37.6 Å². The van der Waals surface area contributed by atoms with Crippen LogP contribution in [0.5, 0.6) is 0 Å². The zero-order valence-electron chi connectivity index (χ0n) is 14.0. The van der Waals surface area contributed by atoms with E-state index in [1.54, 1.807) is 37.3 Å². The van der Waals surface area contributed by atoms with E-state index in [1.807, 2.05) is 0 Å². The second kappa shape index (κ2) is 6.88. The van der Waals surface area contributed by atoms with Crippen LogP contribution in [0.15, 0.2) is 34.9 Å². The van der Waals surface area contributed by atoms with Gasteiger partial charge in [0.15, 0.2) is 11.2 Å². The summed E-state index contributed by atoms with van der Waals surface area (Å²) in [5.74, 6) is 0.00750. The van der Waals surface area contributed by atoms with Gasteiger partial charge in [-0.05, 0) is 37.0 Å². The summed E-state index contributed by atoms with van der Waals surface area (Å²) in [6.07, 6.45) is 2.39. The second-order valence-electron chi connectivity index (χ2n) is 6.10. The molecule has 1 aromatic heterocycles. The van der Waals surface area contributed by atoms with Gasteiger partial charge in [-0.2, -0.15) is 0 Å². The molecule has 3 rings (SSSR count). The van der Waals surface area contributed by atoms with Crippen LogP contribution >= 0.6 is 11.6 Å². The average molecular weight is 363 g/mol. The monoisotopic (exact) mass is 362 g/mol. The lowest BCUT2D eigenvalue weighted by Crippen LogP contribution is -2.52. The Morgan fingerprint density at radius 1 is 1.36 bits per heavy atom. The number of halogens is 1. The number of rotatable bonds is 6. The molecule has 0 bridgehead atoms. The molecule has 1 aromatic carbocycles. The molecule has 0 spiro atoms. The molecule has 0 saturated heterocycles. The summed E-state index contributed by atoms with van der Waals surface area (Å²) < 4.78 is 10.2. The van der Waals surface area contributed by atoms with Gasteiger partial charge in [0.05, 0.1) is 7.11 Å². The van der Waals surface area contributed by atoms with Crippen molar-refractivity contribution in [3.63, 3.8) is 0 Å². The van der Waals surface area contributed by atoms with Gasteiger partial charge < -0.3 is 14.6 Å².